The van der Waals surface area contributed by atoms with Crippen molar-refractivity contribution < 1.29 is 14.3 Å². The second kappa shape index (κ2) is 6.68. The van der Waals surface area contributed by atoms with Crippen molar-refractivity contribution in [3.8, 4) is 5.88 Å². The Kier molecular flexibility index (Phi) is 4.93. The van der Waals surface area contributed by atoms with Crippen LogP contribution in [0, 0.1) is 0 Å². The van der Waals surface area contributed by atoms with Crippen LogP contribution in [-0.2, 0) is 9.53 Å². The van der Waals surface area contributed by atoms with Crippen LogP contribution in [0.15, 0.2) is 6.07 Å². The van der Waals surface area contributed by atoms with Crippen molar-refractivity contribution in [3.05, 3.63) is 11.2 Å². The minimum atomic E-state index is -0.153. The molecule has 1 unspecified atom stereocenters. The summed E-state index contributed by atoms with van der Waals surface area (Å²) in [4.78, 5) is 19.7. The van der Waals surface area contributed by atoms with E-state index in [-0.39, 0.29) is 23.1 Å². The van der Waals surface area contributed by atoms with Crippen LogP contribution in [0.5, 0.6) is 5.88 Å². The lowest BCUT2D eigenvalue weighted by molar-refractivity contribution is -0.116. The lowest BCUT2D eigenvalue weighted by Crippen LogP contribution is -2.17. The largest absolute Gasteiger partial charge is 0.481 e. The Bertz CT molecular complexity index is 450. The molecule has 6 nitrogen and oxygen atoms in total. The van der Waals surface area contributed by atoms with E-state index in [1.807, 2.05) is 0 Å². The molecule has 0 radical (unpaired) electrons. The second-order valence-electron chi connectivity index (χ2n) is 4.28. The maximum atomic E-state index is 11.7. The SMILES string of the molecule is COc1cc(Cl)nc(NC(=O)CCC2CCCO2)n1. The third kappa shape index (κ3) is 4.33. The number of halogens is 1. The van der Waals surface area contributed by atoms with Crippen molar-refractivity contribution in [1.29, 1.82) is 0 Å². The third-order valence-corrected chi connectivity index (χ3v) is 3.04. The van der Waals surface area contributed by atoms with Crippen molar-refractivity contribution in [3.63, 3.8) is 0 Å². The number of ether oxygens (including phenoxy) is 2. The minimum absolute atomic E-state index is 0.153. The average Bonchev–Trinajstić information content (AvgIpc) is 2.88. The highest BCUT2D eigenvalue weighted by Gasteiger charge is 2.17. The van der Waals surface area contributed by atoms with E-state index in [4.69, 9.17) is 21.1 Å². The van der Waals surface area contributed by atoms with Crippen molar-refractivity contribution in [2.75, 3.05) is 19.0 Å². The van der Waals surface area contributed by atoms with Gasteiger partial charge in [0.1, 0.15) is 5.15 Å². The van der Waals surface area contributed by atoms with Gasteiger partial charge in [-0.1, -0.05) is 11.6 Å². The normalized spacial score (nSPS) is 18.3. The highest BCUT2D eigenvalue weighted by Crippen LogP contribution is 2.18. The van der Waals surface area contributed by atoms with Gasteiger partial charge in [-0.15, -0.1) is 0 Å². The van der Waals surface area contributed by atoms with Crippen LogP contribution in [0.25, 0.3) is 0 Å². The minimum Gasteiger partial charge on any atom is -0.481 e. The molecule has 19 heavy (non-hydrogen) atoms. The molecule has 2 heterocycles. The predicted octanol–water partition coefficient (Wildman–Crippen LogP) is 2.04. The fourth-order valence-corrected chi connectivity index (χ4v) is 2.08. The first kappa shape index (κ1) is 14.0. The number of carbonyl (C=O) groups excluding carboxylic acids is 1. The van der Waals surface area contributed by atoms with Crippen LogP contribution >= 0.6 is 11.6 Å². The van der Waals surface area contributed by atoms with E-state index in [0.29, 0.717) is 18.7 Å². The van der Waals surface area contributed by atoms with Gasteiger partial charge in [-0.05, 0) is 19.3 Å². The van der Waals surface area contributed by atoms with Crippen molar-refractivity contribution in [2.24, 2.45) is 0 Å². The molecule has 7 heteroatoms. The van der Waals surface area contributed by atoms with E-state index < -0.39 is 0 Å². The Morgan fingerprint density at radius 2 is 2.47 bits per heavy atom. The summed E-state index contributed by atoms with van der Waals surface area (Å²) in [6.45, 7) is 0.793. The van der Waals surface area contributed by atoms with Gasteiger partial charge < -0.3 is 9.47 Å². The highest BCUT2D eigenvalue weighted by atomic mass is 35.5. The number of hydrogen-bond donors (Lipinski definition) is 1. The maximum Gasteiger partial charge on any atom is 0.234 e. The summed E-state index contributed by atoms with van der Waals surface area (Å²) in [7, 11) is 1.47. The molecule has 0 bridgehead atoms. The summed E-state index contributed by atoms with van der Waals surface area (Å²) < 4.78 is 10.4. The Labute approximate surface area is 116 Å². The summed E-state index contributed by atoms with van der Waals surface area (Å²) in [5, 5.41) is 2.82. The monoisotopic (exact) mass is 285 g/mol. The third-order valence-electron chi connectivity index (χ3n) is 2.85. The van der Waals surface area contributed by atoms with Crippen LogP contribution in [0.3, 0.4) is 0 Å². The van der Waals surface area contributed by atoms with Gasteiger partial charge in [0.15, 0.2) is 0 Å². The van der Waals surface area contributed by atoms with E-state index in [2.05, 4.69) is 15.3 Å². The van der Waals surface area contributed by atoms with E-state index in [0.717, 1.165) is 19.4 Å². The van der Waals surface area contributed by atoms with Gasteiger partial charge in [-0.2, -0.15) is 4.98 Å². The Hall–Kier alpha value is -1.40. The van der Waals surface area contributed by atoms with Crippen LogP contribution in [0.2, 0.25) is 5.15 Å². The van der Waals surface area contributed by atoms with Gasteiger partial charge in [-0.25, -0.2) is 4.98 Å². The summed E-state index contributed by atoms with van der Waals surface area (Å²) >= 11 is 5.79. The molecule has 0 aliphatic carbocycles. The molecule has 1 aromatic heterocycles. The molecule has 0 spiro atoms. The fourth-order valence-electron chi connectivity index (χ4n) is 1.91. The van der Waals surface area contributed by atoms with Crippen LogP contribution < -0.4 is 10.1 Å². The van der Waals surface area contributed by atoms with Gasteiger partial charge in [-0.3, -0.25) is 10.1 Å². The molecule has 1 N–H and O–H groups in total. The van der Waals surface area contributed by atoms with Gasteiger partial charge in [0.2, 0.25) is 17.7 Å². The lowest BCUT2D eigenvalue weighted by Gasteiger charge is -2.09. The van der Waals surface area contributed by atoms with E-state index in [1.54, 1.807) is 0 Å². The zero-order valence-corrected chi connectivity index (χ0v) is 11.4. The van der Waals surface area contributed by atoms with Gasteiger partial charge in [0.05, 0.1) is 13.2 Å². The molecule has 1 aliphatic heterocycles. The quantitative estimate of drug-likeness (QED) is 0.838. The fraction of sp³-hybridized carbons (Fsp3) is 0.583. The first-order valence-corrected chi connectivity index (χ1v) is 6.55. The molecule has 1 saturated heterocycles. The first-order chi connectivity index (χ1) is 9.17. The highest BCUT2D eigenvalue weighted by molar-refractivity contribution is 6.29. The maximum absolute atomic E-state index is 11.7. The average molecular weight is 286 g/mol. The predicted molar refractivity (Wildman–Crippen MR) is 70.4 cm³/mol. The number of carbonyl (C=O) groups is 1. The molecule has 2 rings (SSSR count). The topological polar surface area (TPSA) is 73.3 Å². The van der Waals surface area contributed by atoms with Crippen molar-refractivity contribution in [2.45, 2.75) is 31.8 Å². The van der Waals surface area contributed by atoms with Crippen LogP contribution in [0.1, 0.15) is 25.7 Å². The van der Waals surface area contributed by atoms with Crippen molar-refractivity contribution >= 4 is 23.5 Å². The molecule has 1 amide bonds. The lowest BCUT2D eigenvalue weighted by atomic mass is 10.1. The molecule has 0 aromatic carbocycles. The molecule has 0 saturated carbocycles. The van der Waals surface area contributed by atoms with E-state index >= 15 is 0 Å². The van der Waals surface area contributed by atoms with Crippen LogP contribution in [-0.4, -0.2) is 35.7 Å². The molecular weight excluding hydrogens is 270 g/mol. The second-order valence-corrected chi connectivity index (χ2v) is 4.67. The summed E-state index contributed by atoms with van der Waals surface area (Å²) in [5.74, 6) is 0.316. The van der Waals surface area contributed by atoms with Gasteiger partial charge in [0, 0.05) is 19.1 Å². The standard InChI is InChI=1S/C12H16ClN3O3/c1-18-11-7-9(13)14-12(16-11)15-10(17)5-4-8-3-2-6-19-8/h7-8H,2-6H2,1H3,(H,14,15,16,17). The van der Waals surface area contributed by atoms with Crippen LogP contribution in [0.4, 0.5) is 5.95 Å². The Morgan fingerprint density at radius 3 is 3.16 bits per heavy atom. The van der Waals surface area contributed by atoms with E-state index in [9.17, 15) is 4.79 Å². The number of anilines is 1. The molecule has 1 aromatic rings. The summed E-state index contributed by atoms with van der Waals surface area (Å²) in [5.41, 5.74) is 0. The Morgan fingerprint density at radius 1 is 1.63 bits per heavy atom. The number of aromatic nitrogens is 2. The molecular formula is C12H16ClN3O3. The number of nitrogens with one attached hydrogen (secondary N) is 1. The number of amides is 1. The molecule has 104 valence electrons. The van der Waals surface area contributed by atoms with Gasteiger partial charge >= 0.3 is 0 Å². The molecule has 1 aliphatic rings. The number of nitrogens with zero attached hydrogens (tertiary/aromatic N) is 2. The van der Waals surface area contributed by atoms with Gasteiger partial charge in [0.25, 0.3) is 0 Å². The first-order valence-electron chi connectivity index (χ1n) is 6.17. The van der Waals surface area contributed by atoms with Crippen molar-refractivity contribution in [1.82, 2.24) is 9.97 Å². The number of methoxy groups -OCH3 is 1. The Balaban J connectivity index is 1.85. The number of hydrogen-bond acceptors (Lipinski definition) is 5. The smallest absolute Gasteiger partial charge is 0.234 e. The summed E-state index contributed by atoms with van der Waals surface area (Å²) in [6.07, 6.45) is 3.38. The zero-order chi connectivity index (χ0) is 13.7. The number of rotatable bonds is 5. The molecule has 1 atom stereocenters. The summed E-state index contributed by atoms with van der Waals surface area (Å²) in [6, 6.07) is 1.48. The van der Waals surface area contributed by atoms with E-state index in [1.165, 1.54) is 13.2 Å². The zero-order valence-electron chi connectivity index (χ0n) is 10.7. The molecule has 1 fully saturated rings.